The lowest BCUT2D eigenvalue weighted by Gasteiger charge is -2.18. The highest BCUT2D eigenvalue weighted by Gasteiger charge is 2.23. The number of carboxylic acids is 1. The maximum absolute atomic E-state index is 11.1. The third kappa shape index (κ3) is 1.94. The predicted octanol–water partition coefficient (Wildman–Crippen LogP) is 3.44. The van der Waals surface area contributed by atoms with E-state index in [0.717, 1.165) is 5.56 Å². The van der Waals surface area contributed by atoms with E-state index in [0.29, 0.717) is 11.0 Å². The van der Waals surface area contributed by atoms with Crippen molar-refractivity contribution in [2.24, 2.45) is 0 Å². The van der Waals surface area contributed by atoms with E-state index in [1.54, 1.807) is 6.07 Å². The zero-order chi connectivity index (χ0) is 13.5. The summed E-state index contributed by atoms with van der Waals surface area (Å²) in [4.78, 5) is 11.1. The highest BCUT2D eigenvalue weighted by molar-refractivity contribution is 5.98. The Bertz CT molecular complexity index is 602. The van der Waals surface area contributed by atoms with Gasteiger partial charge in [-0.2, -0.15) is 0 Å². The van der Waals surface area contributed by atoms with Crippen LogP contribution in [0.1, 0.15) is 36.9 Å². The van der Waals surface area contributed by atoms with E-state index in [9.17, 15) is 4.79 Å². The molecule has 0 aliphatic heterocycles. The van der Waals surface area contributed by atoms with Gasteiger partial charge >= 0.3 is 5.97 Å². The number of rotatable bonds is 2. The van der Waals surface area contributed by atoms with Gasteiger partial charge in [0, 0.05) is 0 Å². The molecule has 0 radical (unpaired) electrons. The number of hydrogen-bond acceptors (Lipinski definition) is 3. The standard InChI is InChI=1S/C14H16O4/c1-14(2,3)8-5-6-10-9(7-8)11(17-4)12(18-10)13(15)16/h5-7H,1-4H3,(H,15,16). The molecule has 96 valence electrons. The average Bonchev–Trinajstić information content (AvgIpc) is 2.65. The minimum absolute atomic E-state index is 0.0140. The molecule has 2 rings (SSSR count). The first-order valence-electron chi connectivity index (χ1n) is 5.69. The first-order chi connectivity index (χ1) is 8.34. The van der Waals surface area contributed by atoms with Crippen LogP contribution in [0.4, 0.5) is 0 Å². The van der Waals surface area contributed by atoms with E-state index in [4.69, 9.17) is 14.3 Å². The Morgan fingerprint density at radius 2 is 2.00 bits per heavy atom. The molecule has 0 aliphatic rings. The smallest absolute Gasteiger partial charge is 0.375 e. The summed E-state index contributed by atoms with van der Waals surface area (Å²) < 4.78 is 10.4. The number of fused-ring (bicyclic) bond motifs is 1. The topological polar surface area (TPSA) is 59.7 Å². The van der Waals surface area contributed by atoms with Crippen molar-refractivity contribution in [3.63, 3.8) is 0 Å². The van der Waals surface area contributed by atoms with Crippen LogP contribution in [-0.2, 0) is 5.41 Å². The monoisotopic (exact) mass is 248 g/mol. The van der Waals surface area contributed by atoms with Crippen molar-refractivity contribution in [3.05, 3.63) is 29.5 Å². The lowest BCUT2D eigenvalue weighted by atomic mass is 9.86. The molecule has 0 spiro atoms. The summed E-state index contributed by atoms with van der Waals surface area (Å²) in [6.07, 6.45) is 0. The molecule has 0 saturated heterocycles. The van der Waals surface area contributed by atoms with Gasteiger partial charge in [0.05, 0.1) is 12.5 Å². The van der Waals surface area contributed by atoms with Crippen LogP contribution in [0, 0.1) is 0 Å². The van der Waals surface area contributed by atoms with Crippen molar-refractivity contribution in [1.29, 1.82) is 0 Å². The number of carboxylic acid groups (broad SMARTS) is 1. The minimum Gasteiger partial charge on any atom is -0.492 e. The Kier molecular flexibility index (Phi) is 2.81. The fraction of sp³-hybridized carbons (Fsp3) is 0.357. The Hall–Kier alpha value is -1.97. The van der Waals surface area contributed by atoms with Crippen LogP contribution in [0.15, 0.2) is 22.6 Å². The van der Waals surface area contributed by atoms with E-state index < -0.39 is 5.97 Å². The number of ether oxygens (including phenoxy) is 1. The zero-order valence-electron chi connectivity index (χ0n) is 10.9. The molecule has 0 fully saturated rings. The summed E-state index contributed by atoms with van der Waals surface area (Å²) in [7, 11) is 1.44. The molecule has 0 aliphatic carbocycles. The van der Waals surface area contributed by atoms with Gasteiger partial charge in [-0.15, -0.1) is 0 Å². The van der Waals surface area contributed by atoms with Gasteiger partial charge in [0.15, 0.2) is 5.75 Å². The lowest BCUT2D eigenvalue weighted by Crippen LogP contribution is -2.10. The quantitative estimate of drug-likeness (QED) is 0.884. The normalized spacial score (nSPS) is 11.8. The van der Waals surface area contributed by atoms with E-state index in [-0.39, 0.29) is 16.9 Å². The fourth-order valence-corrected chi connectivity index (χ4v) is 1.88. The Balaban J connectivity index is 2.72. The molecule has 4 heteroatoms. The molecule has 0 saturated carbocycles. The van der Waals surface area contributed by atoms with Crippen LogP contribution in [-0.4, -0.2) is 18.2 Å². The van der Waals surface area contributed by atoms with Gasteiger partial charge in [-0.25, -0.2) is 4.79 Å². The molecule has 0 atom stereocenters. The molecular weight excluding hydrogens is 232 g/mol. The predicted molar refractivity (Wildman–Crippen MR) is 68.4 cm³/mol. The van der Waals surface area contributed by atoms with Crippen LogP contribution in [0.25, 0.3) is 11.0 Å². The molecule has 0 bridgehead atoms. The number of carbonyl (C=O) groups is 1. The van der Waals surface area contributed by atoms with Crippen LogP contribution in [0.3, 0.4) is 0 Å². The van der Waals surface area contributed by atoms with E-state index >= 15 is 0 Å². The summed E-state index contributed by atoms with van der Waals surface area (Å²) in [5.41, 5.74) is 1.61. The largest absolute Gasteiger partial charge is 0.492 e. The minimum atomic E-state index is -1.12. The lowest BCUT2D eigenvalue weighted by molar-refractivity contribution is 0.0660. The van der Waals surface area contributed by atoms with Crippen molar-refractivity contribution >= 4 is 16.9 Å². The maximum Gasteiger partial charge on any atom is 0.375 e. The summed E-state index contributed by atoms with van der Waals surface area (Å²) in [5.74, 6) is -0.998. The van der Waals surface area contributed by atoms with Gasteiger partial charge in [-0.1, -0.05) is 26.8 Å². The SMILES string of the molecule is COc1c(C(=O)O)oc2ccc(C(C)(C)C)cc12. The maximum atomic E-state index is 11.1. The van der Waals surface area contributed by atoms with Crippen molar-refractivity contribution in [2.75, 3.05) is 7.11 Å². The summed E-state index contributed by atoms with van der Waals surface area (Å²) in [6, 6.07) is 5.64. The van der Waals surface area contributed by atoms with E-state index in [1.807, 2.05) is 12.1 Å². The van der Waals surface area contributed by atoms with Crippen molar-refractivity contribution in [3.8, 4) is 5.75 Å². The van der Waals surface area contributed by atoms with Crippen molar-refractivity contribution in [1.82, 2.24) is 0 Å². The molecule has 1 aromatic heterocycles. The molecule has 18 heavy (non-hydrogen) atoms. The van der Waals surface area contributed by atoms with E-state index in [1.165, 1.54) is 7.11 Å². The molecule has 1 aromatic carbocycles. The van der Waals surface area contributed by atoms with Gasteiger partial charge in [0.2, 0.25) is 0 Å². The number of methoxy groups -OCH3 is 1. The van der Waals surface area contributed by atoms with Crippen molar-refractivity contribution < 1.29 is 19.1 Å². The second-order valence-corrected chi connectivity index (χ2v) is 5.23. The number of benzene rings is 1. The third-order valence-corrected chi connectivity index (χ3v) is 2.91. The molecule has 4 nitrogen and oxygen atoms in total. The first kappa shape index (κ1) is 12.5. The number of aromatic carboxylic acids is 1. The fourth-order valence-electron chi connectivity index (χ4n) is 1.88. The van der Waals surface area contributed by atoms with E-state index in [2.05, 4.69) is 20.8 Å². The Morgan fingerprint density at radius 3 is 2.50 bits per heavy atom. The molecular formula is C14H16O4. The highest BCUT2D eigenvalue weighted by atomic mass is 16.5. The second-order valence-electron chi connectivity index (χ2n) is 5.23. The van der Waals surface area contributed by atoms with Gasteiger partial charge in [0.1, 0.15) is 5.58 Å². The Labute approximate surface area is 105 Å². The molecule has 0 unspecified atom stereocenters. The van der Waals surface area contributed by atoms with Crippen LogP contribution < -0.4 is 4.74 Å². The van der Waals surface area contributed by atoms with Gasteiger partial charge in [-0.3, -0.25) is 0 Å². The van der Waals surface area contributed by atoms with Gasteiger partial charge < -0.3 is 14.3 Å². The molecule has 0 amide bonds. The van der Waals surface area contributed by atoms with Crippen LogP contribution >= 0.6 is 0 Å². The zero-order valence-corrected chi connectivity index (χ0v) is 10.9. The molecule has 2 aromatic rings. The van der Waals surface area contributed by atoms with Crippen molar-refractivity contribution in [2.45, 2.75) is 26.2 Å². The summed E-state index contributed by atoms with van der Waals surface area (Å²) >= 11 is 0. The summed E-state index contributed by atoms with van der Waals surface area (Å²) in [6.45, 7) is 6.29. The molecule has 1 heterocycles. The first-order valence-corrected chi connectivity index (χ1v) is 5.69. The Morgan fingerprint density at radius 1 is 1.33 bits per heavy atom. The highest BCUT2D eigenvalue weighted by Crippen LogP contribution is 2.35. The van der Waals surface area contributed by atoms with Crippen LogP contribution in [0.5, 0.6) is 5.75 Å². The van der Waals surface area contributed by atoms with Gasteiger partial charge in [-0.05, 0) is 23.1 Å². The molecule has 1 N–H and O–H groups in total. The third-order valence-electron chi connectivity index (χ3n) is 2.91. The number of furan rings is 1. The summed E-state index contributed by atoms with van der Waals surface area (Å²) in [5, 5.41) is 9.75. The second kappa shape index (κ2) is 4.05. The van der Waals surface area contributed by atoms with Gasteiger partial charge in [0.25, 0.3) is 5.76 Å². The number of hydrogen-bond donors (Lipinski definition) is 1. The average molecular weight is 248 g/mol. The van der Waals surface area contributed by atoms with Crippen LogP contribution in [0.2, 0.25) is 0 Å².